The molecule has 106 valence electrons. The van der Waals surface area contributed by atoms with E-state index in [9.17, 15) is 4.79 Å². The molecule has 0 spiro atoms. The summed E-state index contributed by atoms with van der Waals surface area (Å²) in [4.78, 5) is 16.3. The van der Waals surface area contributed by atoms with Gasteiger partial charge in [0, 0.05) is 17.1 Å². The first-order valence-electron chi connectivity index (χ1n) is 6.52. The van der Waals surface area contributed by atoms with Crippen molar-refractivity contribution in [2.45, 2.75) is 13.3 Å². The molecule has 0 unspecified atom stereocenters. The van der Waals surface area contributed by atoms with Gasteiger partial charge in [0.1, 0.15) is 5.52 Å². The maximum Gasteiger partial charge on any atom is 0.228 e. The van der Waals surface area contributed by atoms with Gasteiger partial charge in [-0.05, 0) is 35.9 Å². The number of aryl methyl sites for hydroxylation is 1. The minimum absolute atomic E-state index is 0.0623. The van der Waals surface area contributed by atoms with Crippen molar-refractivity contribution >= 4 is 38.6 Å². The monoisotopic (exact) mass is 344 g/mol. The Balaban J connectivity index is 1.73. The van der Waals surface area contributed by atoms with Crippen LogP contribution in [0.25, 0.3) is 11.1 Å². The summed E-state index contributed by atoms with van der Waals surface area (Å²) in [6.07, 6.45) is 0.300. The van der Waals surface area contributed by atoms with Crippen LogP contribution in [0, 0.1) is 6.92 Å². The van der Waals surface area contributed by atoms with Crippen LogP contribution in [0.4, 0.5) is 5.69 Å². The molecule has 1 N–H and O–H groups in total. The second-order valence-electron chi connectivity index (χ2n) is 4.77. The highest BCUT2D eigenvalue weighted by atomic mass is 79.9. The lowest BCUT2D eigenvalue weighted by Crippen LogP contribution is -2.14. The minimum atomic E-state index is -0.0623. The predicted octanol–water partition coefficient (Wildman–Crippen LogP) is 4.08. The molecule has 0 radical (unpaired) electrons. The molecule has 1 heterocycles. The predicted molar refractivity (Wildman–Crippen MR) is 85.2 cm³/mol. The number of anilines is 1. The molecular weight excluding hydrogens is 332 g/mol. The zero-order valence-electron chi connectivity index (χ0n) is 11.4. The molecule has 0 aliphatic rings. The van der Waals surface area contributed by atoms with Crippen LogP contribution >= 0.6 is 15.9 Å². The van der Waals surface area contributed by atoms with Gasteiger partial charge in [-0.3, -0.25) is 4.79 Å². The fraction of sp³-hybridized carbons (Fsp3) is 0.125. The number of nitrogens with zero attached hydrogens (tertiary/aromatic N) is 1. The molecule has 5 heteroatoms. The zero-order chi connectivity index (χ0) is 14.8. The van der Waals surface area contributed by atoms with E-state index in [4.69, 9.17) is 4.42 Å². The number of aromatic nitrogens is 1. The first kappa shape index (κ1) is 13.8. The summed E-state index contributed by atoms with van der Waals surface area (Å²) in [5, 5.41) is 2.87. The van der Waals surface area contributed by atoms with Gasteiger partial charge in [0.25, 0.3) is 0 Å². The van der Waals surface area contributed by atoms with E-state index < -0.39 is 0 Å². The third kappa shape index (κ3) is 3.31. The summed E-state index contributed by atoms with van der Waals surface area (Å²) in [7, 11) is 0. The van der Waals surface area contributed by atoms with Crippen LogP contribution in [0.2, 0.25) is 0 Å². The number of nitrogens with one attached hydrogen (secondary N) is 1. The average Bonchev–Trinajstić information content (AvgIpc) is 2.78. The quantitative estimate of drug-likeness (QED) is 0.778. The lowest BCUT2D eigenvalue weighted by Gasteiger charge is -2.05. The van der Waals surface area contributed by atoms with Crippen molar-refractivity contribution in [3.8, 4) is 0 Å². The van der Waals surface area contributed by atoms with E-state index in [2.05, 4.69) is 26.2 Å². The molecule has 0 aliphatic heterocycles. The Hall–Kier alpha value is -2.14. The van der Waals surface area contributed by atoms with Crippen LogP contribution in [0.5, 0.6) is 0 Å². The van der Waals surface area contributed by atoms with E-state index in [1.165, 1.54) is 0 Å². The Labute approximate surface area is 130 Å². The molecule has 1 amide bonds. The maximum absolute atomic E-state index is 12.1. The molecule has 0 aliphatic carbocycles. The summed E-state index contributed by atoms with van der Waals surface area (Å²) in [6.45, 7) is 1.81. The number of oxazole rings is 1. The Morgan fingerprint density at radius 3 is 2.95 bits per heavy atom. The van der Waals surface area contributed by atoms with Crippen molar-refractivity contribution < 1.29 is 9.21 Å². The van der Waals surface area contributed by atoms with Crippen LogP contribution in [0.1, 0.15) is 11.5 Å². The first-order valence-corrected chi connectivity index (χ1v) is 7.31. The van der Waals surface area contributed by atoms with Gasteiger partial charge in [-0.25, -0.2) is 4.98 Å². The topological polar surface area (TPSA) is 55.1 Å². The van der Waals surface area contributed by atoms with Gasteiger partial charge < -0.3 is 9.73 Å². The number of halogens is 1. The van der Waals surface area contributed by atoms with Crippen molar-refractivity contribution in [3.05, 3.63) is 58.4 Å². The molecule has 0 saturated heterocycles. The molecule has 0 fully saturated rings. The number of hydrogen-bond acceptors (Lipinski definition) is 3. The highest BCUT2D eigenvalue weighted by molar-refractivity contribution is 9.10. The molecule has 0 atom stereocenters. The number of carbonyl (C=O) groups excluding carboxylic acids is 1. The molecular formula is C16H13BrN2O2. The summed E-state index contributed by atoms with van der Waals surface area (Å²) in [6, 6.07) is 13.1. The summed E-state index contributed by atoms with van der Waals surface area (Å²) in [5.41, 5.74) is 3.19. The van der Waals surface area contributed by atoms with Gasteiger partial charge in [0.05, 0.1) is 6.42 Å². The maximum atomic E-state index is 12.1. The van der Waals surface area contributed by atoms with Crippen molar-refractivity contribution in [3.63, 3.8) is 0 Å². The Bertz CT molecular complexity index is 811. The van der Waals surface area contributed by atoms with Crippen molar-refractivity contribution in [2.75, 3.05) is 5.32 Å². The van der Waals surface area contributed by atoms with Crippen LogP contribution in [0.3, 0.4) is 0 Å². The molecule has 0 bridgehead atoms. The van der Waals surface area contributed by atoms with E-state index >= 15 is 0 Å². The van der Waals surface area contributed by atoms with Crippen LogP contribution in [-0.2, 0) is 11.2 Å². The number of amides is 1. The molecule has 1 aromatic heterocycles. The van der Waals surface area contributed by atoms with Gasteiger partial charge in [0.15, 0.2) is 11.5 Å². The minimum Gasteiger partial charge on any atom is -0.441 e. The second-order valence-corrected chi connectivity index (χ2v) is 5.69. The lowest BCUT2D eigenvalue weighted by molar-refractivity contribution is -0.115. The first-order chi connectivity index (χ1) is 10.1. The van der Waals surface area contributed by atoms with Crippen LogP contribution in [0.15, 0.2) is 51.4 Å². The van der Waals surface area contributed by atoms with Gasteiger partial charge in [-0.15, -0.1) is 0 Å². The largest absolute Gasteiger partial charge is 0.441 e. The molecule has 3 aromatic rings. The fourth-order valence-corrected chi connectivity index (χ4v) is 2.55. The van der Waals surface area contributed by atoms with Gasteiger partial charge in [-0.2, -0.15) is 0 Å². The Morgan fingerprint density at radius 1 is 1.29 bits per heavy atom. The molecule has 3 rings (SSSR count). The average molecular weight is 345 g/mol. The number of carbonyl (C=O) groups is 1. The number of benzene rings is 2. The highest BCUT2D eigenvalue weighted by Gasteiger charge is 2.07. The number of fused-ring (bicyclic) bond motifs is 1. The van der Waals surface area contributed by atoms with E-state index in [0.29, 0.717) is 12.3 Å². The van der Waals surface area contributed by atoms with E-state index in [0.717, 1.165) is 26.8 Å². The smallest absolute Gasteiger partial charge is 0.228 e. The fourth-order valence-electron chi connectivity index (χ4n) is 2.15. The standard InChI is InChI=1S/C16H13BrN2O2/c1-10-18-14-7-11(5-6-15(14)21-10)8-16(20)19-13-4-2-3-12(17)9-13/h2-7,9H,8H2,1H3,(H,19,20). The second kappa shape index (κ2) is 5.69. The van der Waals surface area contributed by atoms with Crippen LogP contribution < -0.4 is 5.32 Å². The Morgan fingerprint density at radius 2 is 2.14 bits per heavy atom. The Kier molecular flexibility index (Phi) is 3.75. The summed E-state index contributed by atoms with van der Waals surface area (Å²) < 4.78 is 6.35. The number of hydrogen-bond donors (Lipinski definition) is 1. The molecule has 2 aromatic carbocycles. The third-order valence-electron chi connectivity index (χ3n) is 3.03. The van der Waals surface area contributed by atoms with Gasteiger partial charge in [-0.1, -0.05) is 28.1 Å². The van der Waals surface area contributed by atoms with E-state index in [-0.39, 0.29) is 5.91 Å². The summed E-state index contributed by atoms with van der Waals surface area (Å²) >= 11 is 3.38. The highest BCUT2D eigenvalue weighted by Crippen LogP contribution is 2.18. The van der Waals surface area contributed by atoms with Gasteiger partial charge in [0.2, 0.25) is 5.91 Å². The molecule has 0 saturated carbocycles. The van der Waals surface area contributed by atoms with Crippen molar-refractivity contribution in [1.29, 1.82) is 0 Å². The molecule has 21 heavy (non-hydrogen) atoms. The van der Waals surface area contributed by atoms with Crippen LogP contribution in [-0.4, -0.2) is 10.9 Å². The number of rotatable bonds is 3. The van der Waals surface area contributed by atoms with Gasteiger partial charge >= 0.3 is 0 Å². The molecule has 4 nitrogen and oxygen atoms in total. The van der Waals surface area contributed by atoms with E-state index in [1.54, 1.807) is 6.92 Å². The van der Waals surface area contributed by atoms with Crippen molar-refractivity contribution in [2.24, 2.45) is 0 Å². The van der Waals surface area contributed by atoms with E-state index in [1.807, 2.05) is 42.5 Å². The third-order valence-corrected chi connectivity index (χ3v) is 3.53. The lowest BCUT2D eigenvalue weighted by atomic mass is 10.1. The normalized spacial score (nSPS) is 10.8. The zero-order valence-corrected chi connectivity index (χ0v) is 13.0. The summed E-state index contributed by atoms with van der Waals surface area (Å²) in [5.74, 6) is 0.563. The van der Waals surface area contributed by atoms with Crippen molar-refractivity contribution in [1.82, 2.24) is 4.98 Å². The SMILES string of the molecule is Cc1nc2cc(CC(=O)Nc3cccc(Br)c3)ccc2o1.